The summed E-state index contributed by atoms with van der Waals surface area (Å²) in [6.07, 6.45) is 7.23. The van der Waals surface area contributed by atoms with Gasteiger partial charge in [0.05, 0.1) is 16.8 Å². The van der Waals surface area contributed by atoms with Gasteiger partial charge >= 0.3 is 5.97 Å². The van der Waals surface area contributed by atoms with Crippen LogP contribution in [-0.2, 0) is 11.3 Å². The summed E-state index contributed by atoms with van der Waals surface area (Å²) in [7, 11) is 0. The molecule has 3 aromatic rings. The summed E-state index contributed by atoms with van der Waals surface area (Å²) >= 11 is 0. The summed E-state index contributed by atoms with van der Waals surface area (Å²) in [4.78, 5) is 24.2. The Morgan fingerprint density at radius 1 is 1.10 bits per heavy atom. The van der Waals surface area contributed by atoms with Crippen molar-refractivity contribution in [3.8, 4) is 11.3 Å². The third-order valence-corrected chi connectivity index (χ3v) is 5.98. The highest BCUT2D eigenvalue weighted by atomic mass is 16.4. The van der Waals surface area contributed by atoms with Gasteiger partial charge in [-0.15, -0.1) is 0 Å². The summed E-state index contributed by atoms with van der Waals surface area (Å²) in [5.74, 6) is -0.758. The van der Waals surface area contributed by atoms with Gasteiger partial charge in [0, 0.05) is 5.39 Å². The molecule has 1 aliphatic carbocycles. The number of rotatable bonds is 6. The van der Waals surface area contributed by atoms with Crippen molar-refractivity contribution in [2.24, 2.45) is 0 Å². The number of aromatic carboxylic acids is 1. The van der Waals surface area contributed by atoms with Crippen LogP contribution >= 0.6 is 0 Å². The van der Waals surface area contributed by atoms with Crippen LogP contribution in [0.5, 0.6) is 0 Å². The van der Waals surface area contributed by atoms with Crippen LogP contribution in [0.3, 0.4) is 0 Å². The van der Waals surface area contributed by atoms with Crippen molar-refractivity contribution in [2.75, 3.05) is 0 Å². The van der Waals surface area contributed by atoms with Gasteiger partial charge in [-0.05, 0) is 48.2 Å². The third kappa shape index (κ3) is 3.75. The van der Waals surface area contributed by atoms with Gasteiger partial charge in [0.2, 0.25) is 5.91 Å². The molecule has 0 aliphatic heterocycles. The van der Waals surface area contributed by atoms with Gasteiger partial charge in [-0.2, -0.15) is 0 Å². The van der Waals surface area contributed by atoms with Crippen molar-refractivity contribution in [1.82, 2.24) is 9.88 Å². The maximum absolute atomic E-state index is 12.5. The molecule has 1 heterocycles. The summed E-state index contributed by atoms with van der Waals surface area (Å²) in [6.45, 7) is 3.68. The van der Waals surface area contributed by atoms with Gasteiger partial charge in [-0.1, -0.05) is 62.2 Å². The zero-order chi connectivity index (χ0) is 21.1. The highest BCUT2D eigenvalue weighted by molar-refractivity contribution is 5.99. The van der Waals surface area contributed by atoms with Crippen molar-refractivity contribution in [1.29, 1.82) is 0 Å². The number of carboxylic acids is 1. The standard InChI is InChI=1S/C25H26N2O3/c1-2-26-22(28)16-27-21-15-19(25(29)30)13-14-20(21)23(17-9-5-3-6-10-17)24(27)18-11-7-4-8-12-18/h2,4,7-8,11-15,17H,1,3,5-6,9-10,16H2,(H,26,28)(H,29,30). The molecule has 1 saturated carbocycles. The second kappa shape index (κ2) is 8.57. The molecule has 154 valence electrons. The molecule has 0 unspecified atom stereocenters. The van der Waals surface area contributed by atoms with Crippen LogP contribution in [0.2, 0.25) is 0 Å². The first kappa shape index (κ1) is 20.0. The van der Waals surface area contributed by atoms with Crippen LogP contribution in [0.15, 0.2) is 61.3 Å². The molecule has 5 heteroatoms. The second-order valence-electron chi connectivity index (χ2n) is 7.86. The number of nitrogens with zero attached hydrogens (tertiary/aromatic N) is 1. The van der Waals surface area contributed by atoms with E-state index in [4.69, 9.17) is 0 Å². The normalized spacial score (nSPS) is 14.5. The maximum atomic E-state index is 12.5. The Bertz CT molecular complexity index is 1090. The van der Waals surface area contributed by atoms with E-state index in [1.165, 1.54) is 31.0 Å². The summed E-state index contributed by atoms with van der Waals surface area (Å²) in [6, 6.07) is 15.3. The Labute approximate surface area is 176 Å². The Morgan fingerprint density at radius 3 is 2.50 bits per heavy atom. The number of nitrogens with one attached hydrogen (secondary N) is 1. The number of hydrogen-bond acceptors (Lipinski definition) is 2. The van der Waals surface area contributed by atoms with E-state index in [1.54, 1.807) is 12.1 Å². The molecule has 0 radical (unpaired) electrons. The fourth-order valence-corrected chi connectivity index (χ4v) is 4.69. The molecule has 2 N–H and O–H groups in total. The van der Waals surface area contributed by atoms with Crippen LogP contribution in [-0.4, -0.2) is 21.6 Å². The highest BCUT2D eigenvalue weighted by Crippen LogP contribution is 2.44. The molecule has 0 atom stereocenters. The number of carbonyl (C=O) groups is 2. The van der Waals surface area contributed by atoms with E-state index in [1.807, 2.05) is 28.8 Å². The molecular weight excluding hydrogens is 376 g/mol. The zero-order valence-electron chi connectivity index (χ0n) is 16.9. The number of amides is 1. The number of aromatic nitrogens is 1. The Morgan fingerprint density at radius 2 is 1.83 bits per heavy atom. The van der Waals surface area contributed by atoms with E-state index >= 15 is 0 Å². The first-order valence-electron chi connectivity index (χ1n) is 10.4. The average molecular weight is 402 g/mol. The van der Waals surface area contributed by atoms with Crippen LogP contribution in [0.1, 0.15) is 53.9 Å². The lowest BCUT2D eigenvalue weighted by Crippen LogP contribution is -2.23. The molecule has 30 heavy (non-hydrogen) atoms. The third-order valence-electron chi connectivity index (χ3n) is 5.98. The van der Waals surface area contributed by atoms with Crippen LogP contribution < -0.4 is 5.32 Å². The Hall–Kier alpha value is -3.34. The lowest BCUT2D eigenvalue weighted by molar-refractivity contribution is -0.120. The van der Waals surface area contributed by atoms with Gasteiger partial charge in [0.1, 0.15) is 6.54 Å². The van der Waals surface area contributed by atoms with E-state index in [0.29, 0.717) is 5.92 Å². The first-order chi connectivity index (χ1) is 14.6. The lowest BCUT2D eigenvalue weighted by Gasteiger charge is -2.23. The minimum Gasteiger partial charge on any atom is -0.478 e. The average Bonchev–Trinajstić information content (AvgIpc) is 3.08. The fraction of sp³-hybridized carbons (Fsp3) is 0.280. The minimum absolute atomic E-state index is 0.0997. The SMILES string of the molecule is C=CNC(=O)Cn1c(-c2ccccc2)c(C2CCCCC2)c2ccc(C(=O)O)cc21. The van der Waals surface area contributed by atoms with Crippen molar-refractivity contribution < 1.29 is 14.7 Å². The molecule has 2 aromatic carbocycles. The van der Waals surface area contributed by atoms with Crippen molar-refractivity contribution >= 4 is 22.8 Å². The summed E-state index contributed by atoms with van der Waals surface area (Å²) < 4.78 is 1.97. The van der Waals surface area contributed by atoms with E-state index in [0.717, 1.165) is 35.0 Å². The molecule has 1 fully saturated rings. The molecule has 0 saturated heterocycles. The number of carbonyl (C=O) groups excluding carboxylic acids is 1. The van der Waals surface area contributed by atoms with E-state index in [-0.39, 0.29) is 18.0 Å². The van der Waals surface area contributed by atoms with Crippen LogP contribution in [0.25, 0.3) is 22.2 Å². The molecule has 4 rings (SSSR count). The molecular formula is C25H26N2O3. The predicted molar refractivity (Wildman–Crippen MR) is 118 cm³/mol. The maximum Gasteiger partial charge on any atom is 0.335 e. The molecule has 0 bridgehead atoms. The van der Waals surface area contributed by atoms with Crippen LogP contribution in [0, 0.1) is 0 Å². The fourth-order valence-electron chi connectivity index (χ4n) is 4.69. The number of fused-ring (bicyclic) bond motifs is 1. The number of benzene rings is 2. The number of hydrogen-bond donors (Lipinski definition) is 2. The second-order valence-corrected chi connectivity index (χ2v) is 7.86. The van der Waals surface area contributed by atoms with Crippen molar-refractivity contribution in [2.45, 2.75) is 44.6 Å². The summed E-state index contributed by atoms with van der Waals surface area (Å²) in [5.41, 5.74) is 4.30. The van der Waals surface area contributed by atoms with Gasteiger partial charge in [0.25, 0.3) is 0 Å². The van der Waals surface area contributed by atoms with Gasteiger partial charge in [-0.3, -0.25) is 4.79 Å². The number of carboxylic acid groups (broad SMARTS) is 1. The molecule has 1 amide bonds. The van der Waals surface area contributed by atoms with Crippen molar-refractivity contribution in [3.63, 3.8) is 0 Å². The quantitative estimate of drug-likeness (QED) is 0.587. The van der Waals surface area contributed by atoms with Gasteiger partial charge in [0.15, 0.2) is 0 Å². The largest absolute Gasteiger partial charge is 0.478 e. The molecule has 5 nitrogen and oxygen atoms in total. The first-order valence-corrected chi connectivity index (χ1v) is 10.4. The lowest BCUT2D eigenvalue weighted by atomic mass is 9.82. The van der Waals surface area contributed by atoms with Crippen LogP contribution in [0.4, 0.5) is 0 Å². The van der Waals surface area contributed by atoms with Gasteiger partial charge in [-0.25, -0.2) is 4.79 Å². The molecule has 1 aromatic heterocycles. The monoisotopic (exact) mass is 402 g/mol. The molecule has 0 spiro atoms. The minimum atomic E-state index is -0.972. The smallest absolute Gasteiger partial charge is 0.335 e. The topological polar surface area (TPSA) is 71.3 Å². The predicted octanol–water partition coefficient (Wildman–Crippen LogP) is 5.31. The van der Waals surface area contributed by atoms with Gasteiger partial charge < -0.3 is 15.0 Å². The Kier molecular flexibility index (Phi) is 5.70. The Balaban J connectivity index is 2.02. The van der Waals surface area contributed by atoms with E-state index < -0.39 is 5.97 Å². The van der Waals surface area contributed by atoms with E-state index in [9.17, 15) is 14.7 Å². The highest BCUT2D eigenvalue weighted by Gasteiger charge is 2.27. The molecule has 1 aliphatic rings. The van der Waals surface area contributed by atoms with E-state index in [2.05, 4.69) is 24.0 Å². The summed E-state index contributed by atoms with van der Waals surface area (Å²) in [5, 5.41) is 13.2. The zero-order valence-corrected chi connectivity index (χ0v) is 16.9. The van der Waals surface area contributed by atoms with Crippen molar-refractivity contribution in [3.05, 3.63) is 72.4 Å².